The van der Waals surface area contributed by atoms with E-state index in [2.05, 4.69) is 390 Å². The van der Waals surface area contributed by atoms with Crippen LogP contribution in [0.3, 0.4) is 0 Å². The van der Waals surface area contributed by atoms with Crippen LogP contribution in [-0.4, -0.2) is 17.0 Å². The van der Waals surface area contributed by atoms with Crippen molar-refractivity contribution in [3.05, 3.63) is 66.5 Å². The lowest BCUT2D eigenvalue weighted by Gasteiger charge is -2.78. The lowest BCUT2D eigenvalue weighted by Crippen LogP contribution is -2.73. The second-order valence-corrected chi connectivity index (χ2v) is 45.2. The Labute approximate surface area is 744 Å². The number of carbonyl (C=O) groups excluding carboxylic acids is 1. The van der Waals surface area contributed by atoms with Crippen molar-refractivity contribution in [3.8, 4) is 27.3 Å². The summed E-state index contributed by atoms with van der Waals surface area (Å²) in [6, 6.07) is 12.2. The quantitative estimate of drug-likeness (QED) is 0.0261. The summed E-state index contributed by atoms with van der Waals surface area (Å²) in [5.41, 5.74) is 7.26. The van der Waals surface area contributed by atoms with Crippen molar-refractivity contribution in [2.75, 3.05) is 0 Å². The molecular formula is C100H170I4N2O4S. The molecule has 0 spiro atoms. The average molecular weight is 2000 g/mol. The molecule has 4 rings (SSSR count). The minimum Gasteiger partial charge on any atom is -0.406 e. The van der Waals surface area contributed by atoms with Crippen molar-refractivity contribution in [1.82, 2.24) is 11.0 Å². The van der Waals surface area contributed by atoms with Crippen LogP contribution in [0.2, 0.25) is 0 Å². The monoisotopic (exact) mass is 2000 g/mol. The highest BCUT2D eigenvalue weighted by Crippen LogP contribution is 2.84. The smallest absolute Gasteiger partial charge is 0.357 e. The third kappa shape index (κ3) is 14.2. The Morgan fingerprint density at radius 3 is 0.955 bits per heavy atom. The van der Waals surface area contributed by atoms with Crippen LogP contribution in [0.1, 0.15) is 422 Å². The highest BCUT2D eigenvalue weighted by atomic mass is 127. The lowest BCUT2D eigenvalue weighted by atomic mass is 9.26. The van der Waals surface area contributed by atoms with E-state index in [-0.39, 0.29) is 97.6 Å². The molecule has 1 aliphatic carbocycles. The second-order valence-electron chi connectivity index (χ2n) is 39.7. The molecule has 2 aromatic rings. The number of halogens is 4. The maximum Gasteiger partial charge on any atom is 0.357 e. The molecule has 2 aromatic carbocycles. The molecule has 111 heavy (non-hydrogen) atoms. The molecule has 638 valence electrons. The fraction of sp³-hybridized carbons (Fsp3) is 0.800. The maximum atomic E-state index is 15.8. The van der Waals surface area contributed by atoms with E-state index < -0.39 is 16.9 Å². The van der Waals surface area contributed by atoms with Gasteiger partial charge in [0.1, 0.15) is 0 Å². The first kappa shape index (κ1) is 103. The standard InChI is InChI=1S/C100H170I4N2O4S/c1-41-82(22,42-2)84(24,45-5)85(25,46-6)86(26,47-7)87(27,48-8)88(28,49-9)89(29,50-10)90(30,51-11)91(31,52-12)92(32,53-13)93(33,54-14)94(34,55-15)95(35,56-16)96(36,57-17)97(37,58-18)98(38,59-19)99(39,60-20)100(40,61-21)106-110-81(108)69-65-63-62-64-68(69)74-70-66-72(101)77(107)75(103)79(70)111-80-71(74)67-73(102)78(76(80)104)109-105-83(23,43-3)44-4/h62-67,105-106H,41-61H2,1-40H3. The van der Waals surface area contributed by atoms with Crippen LogP contribution in [0.25, 0.3) is 31.7 Å². The predicted molar refractivity (Wildman–Crippen MR) is 524 cm³/mol. The van der Waals surface area contributed by atoms with E-state index in [0.717, 1.165) is 160 Å². The van der Waals surface area contributed by atoms with Gasteiger partial charge in [0.2, 0.25) is 5.43 Å². The van der Waals surface area contributed by atoms with E-state index in [1.165, 1.54) is 19.3 Å². The zero-order chi connectivity index (χ0) is 86.2. The minimum absolute atomic E-state index is 0.00335. The fourth-order valence-electron chi connectivity index (χ4n) is 28.0. The summed E-state index contributed by atoms with van der Waals surface area (Å²) in [6.07, 6.45) is 22.1. The van der Waals surface area contributed by atoms with Gasteiger partial charge in [0.05, 0.1) is 40.5 Å². The third-order valence-electron chi connectivity index (χ3n) is 41.1. The van der Waals surface area contributed by atoms with Gasteiger partial charge in [0.25, 0.3) is 0 Å². The Balaban J connectivity index is 2.11. The van der Waals surface area contributed by atoms with Crippen LogP contribution in [0.5, 0.6) is 5.75 Å². The van der Waals surface area contributed by atoms with Crippen molar-refractivity contribution in [3.63, 3.8) is 0 Å². The molecule has 0 saturated carbocycles. The van der Waals surface area contributed by atoms with Gasteiger partial charge in [-0.05, 0) is 348 Å². The van der Waals surface area contributed by atoms with Gasteiger partial charge in [-0.3, -0.25) is 4.79 Å². The van der Waals surface area contributed by atoms with Gasteiger partial charge in [-0.25, -0.2) is 4.79 Å². The molecule has 1 heterocycles. The van der Waals surface area contributed by atoms with Crippen molar-refractivity contribution in [2.24, 2.45) is 92.1 Å². The van der Waals surface area contributed by atoms with Crippen molar-refractivity contribution in [1.29, 1.82) is 0 Å². The molecule has 11 heteroatoms. The predicted octanol–water partition coefficient (Wildman–Crippen LogP) is 34.2. The number of nitrogens with one attached hydrogen (secondary N) is 2. The Morgan fingerprint density at radius 2 is 0.658 bits per heavy atom. The molecule has 0 saturated heterocycles. The topological polar surface area (TPSA) is 76.7 Å². The van der Waals surface area contributed by atoms with Crippen LogP contribution in [-0.2, 0) is 4.84 Å². The number of rotatable bonds is 45. The van der Waals surface area contributed by atoms with Crippen LogP contribution in [0.4, 0.5) is 0 Å². The fourth-order valence-corrected chi connectivity index (χ4v) is 33.3. The summed E-state index contributed by atoms with van der Waals surface area (Å²) in [5.74, 6) is 0.318. The van der Waals surface area contributed by atoms with Gasteiger partial charge in [0, 0.05) is 10.9 Å². The molecule has 2 aliphatic rings. The van der Waals surface area contributed by atoms with E-state index >= 15 is 4.79 Å². The van der Waals surface area contributed by atoms with Gasteiger partial charge in [-0.15, -0.1) is 16.8 Å². The molecule has 0 radical (unpaired) electrons. The van der Waals surface area contributed by atoms with Crippen molar-refractivity contribution < 1.29 is 14.5 Å². The Bertz CT molecular complexity index is 3840. The summed E-state index contributed by atoms with van der Waals surface area (Å²) < 4.78 is 4.18. The minimum atomic E-state index is -0.699. The third-order valence-corrected chi connectivity index (χ3v) is 46.8. The van der Waals surface area contributed by atoms with Crippen LogP contribution >= 0.6 is 102 Å². The van der Waals surface area contributed by atoms with Crippen molar-refractivity contribution >= 4 is 118 Å². The lowest BCUT2D eigenvalue weighted by molar-refractivity contribution is -0.305. The normalized spacial score (nSPS) is 22.2. The number of hydrogen-bond acceptors (Lipinski definition) is 7. The van der Waals surface area contributed by atoms with Crippen LogP contribution in [0.15, 0.2) is 41.2 Å². The van der Waals surface area contributed by atoms with E-state index in [0.29, 0.717) is 12.7 Å². The van der Waals surface area contributed by atoms with Gasteiger partial charge in [-0.1, -0.05) is 294 Å². The molecule has 17 unspecified atom stereocenters. The number of carbonyl (C=O) groups is 1. The van der Waals surface area contributed by atoms with E-state index in [4.69, 9.17) is 9.68 Å². The van der Waals surface area contributed by atoms with Gasteiger partial charge >= 0.3 is 5.97 Å². The molecule has 0 bridgehead atoms. The van der Waals surface area contributed by atoms with Gasteiger partial charge < -0.3 is 9.68 Å². The molecule has 17 atom stereocenters. The molecule has 0 fully saturated rings. The molecule has 0 amide bonds. The first-order valence-electron chi connectivity index (χ1n) is 44.9. The Kier molecular flexibility index (Phi) is 34.1. The molecular weight excluding hydrogens is 1830 g/mol. The maximum absolute atomic E-state index is 15.8. The molecule has 0 aromatic heterocycles. The summed E-state index contributed by atoms with van der Waals surface area (Å²) in [5, 5.41) is 0.987. The first-order chi connectivity index (χ1) is 51.1. The molecule has 1 aliphatic heterocycles. The number of fused-ring (bicyclic) bond motifs is 2. The number of benzene rings is 3. The highest BCUT2D eigenvalue weighted by Gasteiger charge is 2.78. The SMILES string of the molecule is CCC(C)(CC)NOc1c(I)cc2c(-c3ccccc3C(=O)ONC(C)(CC)C(C)(CC)C(C)(CC)C(C)(CC)C(C)(CC)C(C)(CC)C(C)(CC)C(C)(CC)C(C)(CC)C(C)(CC)C(C)(CC)C(C)(CC)C(C)(CC)C(C)(CC)C(C)(CC)C(C)(CC)C(C)(CC)C(C)(CC)CC)c3cc(I)c(=O)c(I)c-3sc2c1I. The number of hydroxylamine groups is 2. The van der Waals surface area contributed by atoms with E-state index in [1.807, 2.05) is 24.3 Å². The largest absolute Gasteiger partial charge is 0.406 e. The summed E-state index contributed by atoms with van der Waals surface area (Å²) in [6.45, 7) is 105. The zero-order valence-electron chi connectivity index (χ0n) is 79.4. The second kappa shape index (κ2) is 36.8. The Morgan fingerprint density at radius 1 is 0.351 bits per heavy atom. The van der Waals surface area contributed by atoms with E-state index in [1.54, 1.807) is 11.3 Å². The molecule has 6 nitrogen and oxygen atoms in total. The number of hydrogen-bond donors (Lipinski definition) is 2. The summed E-state index contributed by atoms with van der Waals surface area (Å²) in [4.78, 5) is 44.1. The molecule has 2 N–H and O–H groups in total. The Hall–Kier alpha value is -0.340. The van der Waals surface area contributed by atoms with Crippen LogP contribution in [0, 0.1) is 106 Å². The zero-order valence-corrected chi connectivity index (χ0v) is 88.8. The highest BCUT2D eigenvalue weighted by molar-refractivity contribution is 14.1. The van der Waals surface area contributed by atoms with Crippen molar-refractivity contribution in [2.45, 2.75) is 423 Å². The van der Waals surface area contributed by atoms with Gasteiger partial charge in [-0.2, -0.15) is 5.48 Å². The average Bonchev–Trinajstić information content (AvgIpc) is 0.693. The summed E-state index contributed by atoms with van der Waals surface area (Å²) >= 11 is 10.9. The van der Waals surface area contributed by atoms with Gasteiger partial charge in [0.15, 0.2) is 5.75 Å². The first-order valence-corrected chi connectivity index (χ1v) is 50.0. The van der Waals surface area contributed by atoms with Crippen LogP contribution < -0.4 is 21.2 Å². The summed E-state index contributed by atoms with van der Waals surface area (Å²) in [7, 11) is 0. The van der Waals surface area contributed by atoms with E-state index in [9.17, 15) is 4.79 Å².